The number of hydrogen-bond donors (Lipinski definition) is 1. The van der Waals surface area contributed by atoms with E-state index in [1.165, 1.54) is 0 Å². The van der Waals surface area contributed by atoms with Crippen molar-refractivity contribution in [1.29, 1.82) is 0 Å². The van der Waals surface area contributed by atoms with E-state index >= 15 is 0 Å². The van der Waals surface area contributed by atoms with Crippen molar-refractivity contribution in [3.05, 3.63) is 0 Å². The zero-order valence-corrected chi connectivity index (χ0v) is 13.5. The van der Waals surface area contributed by atoms with Gasteiger partial charge in [0.1, 0.15) is 0 Å². The molecule has 0 aliphatic carbocycles. The molecule has 21 heavy (non-hydrogen) atoms. The number of sulfonamides is 1. The van der Waals surface area contributed by atoms with Gasteiger partial charge in [-0.05, 0) is 38.5 Å². The molecule has 2 aliphatic rings. The highest BCUT2D eigenvalue weighted by Crippen LogP contribution is 2.20. The third-order valence-corrected chi connectivity index (χ3v) is 6.25. The van der Waals surface area contributed by atoms with E-state index < -0.39 is 10.0 Å². The summed E-state index contributed by atoms with van der Waals surface area (Å²) in [7, 11) is -3.11. The summed E-state index contributed by atoms with van der Waals surface area (Å²) in [5, 5.41) is 3.00. The second kappa shape index (κ2) is 7.56. The quantitative estimate of drug-likeness (QED) is 0.805. The topological polar surface area (TPSA) is 75.7 Å². The summed E-state index contributed by atoms with van der Waals surface area (Å²) in [5.41, 5.74) is 0. The first-order valence-corrected chi connectivity index (χ1v) is 9.47. The predicted molar refractivity (Wildman–Crippen MR) is 80.3 cm³/mol. The van der Waals surface area contributed by atoms with Crippen LogP contribution in [-0.4, -0.2) is 57.2 Å². The molecule has 1 atom stereocenters. The zero-order valence-electron chi connectivity index (χ0n) is 12.7. The van der Waals surface area contributed by atoms with Crippen molar-refractivity contribution >= 4 is 15.9 Å². The molecular formula is C14H26N2O4S. The number of carbonyl (C=O) groups excluding carboxylic acids is 1. The second-order valence-corrected chi connectivity index (χ2v) is 8.16. The van der Waals surface area contributed by atoms with Crippen LogP contribution < -0.4 is 5.32 Å². The Labute approximate surface area is 127 Å². The fraction of sp³-hybridized carbons (Fsp3) is 0.929. The number of ether oxygens (including phenoxy) is 1. The lowest BCUT2D eigenvalue weighted by molar-refractivity contribution is -0.128. The lowest BCUT2D eigenvalue weighted by Crippen LogP contribution is -2.45. The fourth-order valence-electron chi connectivity index (χ4n) is 2.98. The monoisotopic (exact) mass is 318 g/mol. The minimum Gasteiger partial charge on any atom is -0.381 e. The maximum absolute atomic E-state index is 12.1. The van der Waals surface area contributed by atoms with E-state index in [1.54, 1.807) is 11.2 Å². The minimum absolute atomic E-state index is 0.0535. The van der Waals surface area contributed by atoms with Crippen LogP contribution in [0.1, 0.15) is 32.6 Å². The zero-order chi connectivity index (χ0) is 15.3. The molecular weight excluding hydrogens is 292 g/mol. The van der Waals surface area contributed by atoms with Crippen LogP contribution in [0, 0.1) is 11.8 Å². The number of carbonyl (C=O) groups is 1. The molecule has 0 radical (unpaired) electrons. The van der Waals surface area contributed by atoms with E-state index in [-0.39, 0.29) is 23.5 Å². The number of nitrogens with one attached hydrogen (secondary N) is 1. The van der Waals surface area contributed by atoms with Gasteiger partial charge < -0.3 is 10.1 Å². The smallest absolute Gasteiger partial charge is 0.223 e. The van der Waals surface area contributed by atoms with Crippen molar-refractivity contribution in [3.8, 4) is 0 Å². The standard InChI is InChI=1S/C14H26N2O4S/c1-2-21(18,19)16-7-3-4-12(11-16)10-15-14(17)13-5-8-20-9-6-13/h12-13H,2-11H2,1H3,(H,15,17). The molecule has 0 bridgehead atoms. The molecule has 1 unspecified atom stereocenters. The van der Waals surface area contributed by atoms with Gasteiger partial charge in [-0.2, -0.15) is 0 Å². The summed E-state index contributed by atoms with van der Waals surface area (Å²) in [5.74, 6) is 0.518. The van der Waals surface area contributed by atoms with Crippen molar-refractivity contribution in [2.24, 2.45) is 11.8 Å². The highest BCUT2D eigenvalue weighted by molar-refractivity contribution is 7.89. The van der Waals surface area contributed by atoms with E-state index in [0.717, 1.165) is 25.7 Å². The van der Waals surface area contributed by atoms with Gasteiger partial charge in [-0.25, -0.2) is 12.7 Å². The van der Waals surface area contributed by atoms with Gasteiger partial charge in [0.25, 0.3) is 0 Å². The average Bonchev–Trinajstić information content (AvgIpc) is 2.53. The first-order chi connectivity index (χ1) is 10.0. The first kappa shape index (κ1) is 16.7. The Morgan fingerprint density at radius 1 is 1.29 bits per heavy atom. The molecule has 2 saturated heterocycles. The summed E-state index contributed by atoms with van der Waals surface area (Å²) < 4.78 is 30.6. The van der Waals surface area contributed by atoms with Crippen LogP contribution in [-0.2, 0) is 19.6 Å². The van der Waals surface area contributed by atoms with Crippen molar-refractivity contribution in [2.75, 3.05) is 38.6 Å². The third kappa shape index (κ3) is 4.66. The summed E-state index contributed by atoms with van der Waals surface area (Å²) in [6.45, 7) is 4.71. The number of nitrogens with zero attached hydrogens (tertiary/aromatic N) is 1. The van der Waals surface area contributed by atoms with Crippen molar-refractivity contribution in [3.63, 3.8) is 0 Å². The molecule has 0 aromatic heterocycles. The number of rotatable bonds is 5. The number of amides is 1. The molecule has 2 aliphatic heterocycles. The summed E-state index contributed by atoms with van der Waals surface area (Å²) >= 11 is 0. The van der Waals surface area contributed by atoms with Gasteiger partial charge in [0.15, 0.2) is 0 Å². The second-order valence-electron chi connectivity index (χ2n) is 5.90. The maximum Gasteiger partial charge on any atom is 0.223 e. The molecule has 2 rings (SSSR count). The van der Waals surface area contributed by atoms with Gasteiger partial charge in [-0.3, -0.25) is 4.79 Å². The van der Waals surface area contributed by atoms with E-state index in [9.17, 15) is 13.2 Å². The predicted octanol–water partition coefficient (Wildman–Crippen LogP) is 0.591. The highest BCUT2D eigenvalue weighted by atomic mass is 32.2. The van der Waals surface area contributed by atoms with Crippen LogP contribution in [0.15, 0.2) is 0 Å². The molecule has 0 spiro atoms. The summed E-state index contributed by atoms with van der Waals surface area (Å²) in [6.07, 6.45) is 3.42. The number of piperidine rings is 1. The lowest BCUT2D eigenvalue weighted by atomic mass is 9.97. The minimum atomic E-state index is -3.11. The number of hydrogen-bond acceptors (Lipinski definition) is 4. The Bertz CT molecular complexity index is 446. The molecule has 1 amide bonds. The van der Waals surface area contributed by atoms with Gasteiger partial charge in [-0.1, -0.05) is 0 Å². The highest BCUT2D eigenvalue weighted by Gasteiger charge is 2.28. The summed E-state index contributed by atoms with van der Waals surface area (Å²) in [4.78, 5) is 12.1. The Morgan fingerprint density at radius 2 is 2.00 bits per heavy atom. The first-order valence-electron chi connectivity index (χ1n) is 7.86. The largest absolute Gasteiger partial charge is 0.381 e. The van der Waals surface area contributed by atoms with Crippen molar-refractivity contribution in [2.45, 2.75) is 32.6 Å². The molecule has 0 aromatic carbocycles. The van der Waals surface area contributed by atoms with E-state index in [0.29, 0.717) is 32.8 Å². The SMILES string of the molecule is CCS(=O)(=O)N1CCCC(CNC(=O)C2CCOCC2)C1. The van der Waals surface area contributed by atoms with Crippen LogP contribution in [0.25, 0.3) is 0 Å². The van der Waals surface area contributed by atoms with E-state index in [4.69, 9.17) is 4.74 Å². The van der Waals surface area contributed by atoms with Crippen molar-refractivity contribution in [1.82, 2.24) is 9.62 Å². The normalized spacial score (nSPS) is 25.7. The van der Waals surface area contributed by atoms with Gasteiger partial charge in [0.2, 0.25) is 15.9 Å². The average molecular weight is 318 g/mol. The van der Waals surface area contributed by atoms with Gasteiger partial charge in [0, 0.05) is 38.8 Å². The lowest BCUT2D eigenvalue weighted by Gasteiger charge is -2.32. The van der Waals surface area contributed by atoms with Gasteiger partial charge >= 0.3 is 0 Å². The molecule has 2 heterocycles. The Kier molecular flexibility index (Phi) is 6.01. The summed E-state index contributed by atoms with van der Waals surface area (Å²) in [6, 6.07) is 0. The fourth-order valence-corrected chi connectivity index (χ4v) is 4.19. The molecule has 0 saturated carbocycles. The molecule has 0 aromatic rings. The van der Waals surface area contributed by atoms with Crippen molar-refractivity contribution < 1.29 is 17.9 Å². The van der Waals surface area contributed by atoms with E-state index in [1.807, 2.05) is 0 Å². The van der Waals surface area contributed by atoms with Crippen LogP contribution in [0.2, 0.25) is 0 Å². The molecule has 122 valence electrons. The molecule has 2 fully saturated rings. The van der Waals surface area contributed by atoms with Crippen LogP contribution in [0.5, 0.6) is 0 Å². The van der Waals surface area contributed by atoms with E-state index in [2.05, 4.69) is 5.32 Å². The molecule has 1 N–H and O–H groups in total. The van der Waals surface area contributed by atoms with Gasteiger partial charge in [0.05, 0.1) is 5.75 Å². The Morgan fingerprint density at radius 3 is 2.67 bits per heavy atom. The Balaban J connectivity index is 1.78. The van der Waals surface area contributed by atoms with Crippen LogP contribution in [0.3, 0.4) is 0 Å². The van der Waals surface area contributed by atoms with Gasteiger partial charge in [-0.15, -0.1) is 0 Å². The van der Waals surface area contributed by atoms with Crippen LogP contribution >= 0.6 is 0 Å². The molecule has 7 heteroatoms. The molecule has 6 nitrogen and oxygen atoms in total. The maximum atomic E-state index is 12.1. The Hall–Kier alpha value is -0.660. The van der Waals surface area contributed by atoms with Crippen LogP contribution in [0.4, 0.5) is 0 Å². The third-order valence-electron chi connectivity index (χ3n) is 4.40.